The summed E-state index contributed by atoms with van der Waals surface area (Å²) in [4.78, 5) is 3.98. The predicted molar refractivity (Wildman–Crippen MR) is 79.7 cm³/mol. The fraction of sp³-hybridized carbons (Fsp3) is 0.500. The average Bonchev–Trinajstić information content (AvgIpc) is 2.25. The van der Waals surface area contributed by atoms with Gasteiger partial charge in [0.05, 0.1) is 12.4 Å². The summed E-state index contributed by atoms with van der Waals surface area (Å²) in [6.45, 7) is 5.58. The van der Waals surface area contributed by atoms with Crippen molar-refractivity contribution in [3.05, 3.63) is 23.9 Å². The van der Waals surface area contributed by atoms with Crippen LogP contribution in [0.4, 0.5) is 5.82 Å². The molecule has 0 fully saturated rings. The van der Waals surface area contributed by atoms with E-state index in [4.69, 9.17) is 5.11 Å². The zero-order valence-corrected chi connectivity index (χ0v) is 12.8. The summed E-state index contributed by atoms with van der Waals surface area (Å²) in [5.74, 6) is 5.88. The lowest BCUT2D eigenvalue weighted by atomic mass is 10.0. The molecule has 0 aliphatic rings. The molecule has 0 saturated carbocycles. The topological polar surface area (TPSA) is 79.3 Å². The van der Waals surface area contributed by atoms with Gasteiger partial charge in [-0.05, 0) is 17.5 Å². The van der Waals surface area contributed by atoms with Gasteiger partial charge < -0.3 is 5.11 Å². The molecule has 1 heterocycles. The van der Waals surface area contributed by atoms with E-state index in [-0.39, 0.29) is 23.6 Å². The summed E-state index contributed by atoms with van der Waals surface area (Å²) >= 11 is 0. The van der Waals surface area contributed by atoms with E-state index in [2.05, 4.69) is 21.5 Å². The highest BCUT2D eigenvalue weighted by Crippen LogP contribution is 2.18. The first-order valence-corrected chi connectivity index (χ1v) is 7.93. The highest BCUT2D eigenvalue weighted by Gasteiger charge is 2.21. The van der Waals surface area contributed by atoms with E-state index in [0.717, 1.165) is 0 Å². The van der Waals surface area contributed by atoms with Crippen molar-refractivity contribution in [3.8, 4) is 11.8 Å². The van der Waals surface area contributed by atoms with Gasteiger partial charge >= 0.3 is 0 Å². The van der Waals surface area contributed by atoms with E-state index in [1.54, 1.807) is 12.1 Å². The number of nitrogens with zero attached hydrogens (tertiary/aromatic N) is 1. The van der Waals surface area contributed by atoms with Crippen LogP contribution in [0.25, 0.3) is 0 Å². The Morgan fingerprint density at radius 3 is 2.70 bits per heavy atom. The summed E-state index contributed by atoms with van der Waals surface area (Å²) in [6.07, 6.45) is 1.88. The molecule has 0 spiro atoms. The maximum atomic E-state index is 12.0. The molecule has 1 rings (SSSR count). The Kier molecular flexibility index (Phi) is 5.54. The number of anilines is 1. The number of aromatic nitrogens is 1. The van der Waals surface area contributed by atoms with E-state index in [9.17, 15) is 8.42 Å². The monoisotopic (exact) mass is 296 g/mol. The molecule has 1 aromatic heterocycles. The molecule has 0 unspecified atom stereocenters. The third-order valence-corrected chi connectivity index (χ3v) is 3.88. The quantitative estimate of drug-likeness (QED) is 0.827. The van der Waals surface area contributed by atoms with Gasteiger partial charge in [0.25, 0.3) is 0 Å². The molecule has 0 radical (unpaired) electrons. The Bertz CT molecular complexity index is 607. The van der Waals surface area contributed by atoms with Gasteiger partial charge in [-0.3, -0.25) is 4.72 Å². The van der Waals surface area contributed by atoms with Crippen LogP contribution in [-0.4, -0.2) is 30.9 Å². The predicted octanol–water partition coefficient (Wildman–Crippen LogP) is 1.60. The van der Waals surface area contributed by atoms with Gasteiger partial charge in [-0.25, -0.2) is 13.4 Å². The summed E-state index contributed by atoms with van der Waals surface area (Å²) < 4.78 is 26.4. The van der Waals surface area contributed by atoms with Gasteiger partial charge in [0, 0.05) is 18.2 Å². The smallest absolute Gasteiger partial charge is 0.234 e. The van der Waals surface area contributed by atoms with Crippen molar-refractivity contribution in [2.75, 3.05) is 17.1 Å². The van der Waals surface area contributed by atoms with Crippen molar-refractivity contribution in [1.82, 2.24) is 4.98 Å². The van der Waals surface area contributed by atoms with Crippen molar-refractivity contribution in [3.63, 3.8) is 0 Å². The third kappa shape index (κ3) is 6.55. The Balaban J connectivity index is 2.84. The number of hydrogen-bond acceptors (Lipinski definition) is 4. The third-order valence-electron chi connectivity index (χ3n) is 2.11. The molecule has 20 heavy (non-hydrogen) atoms. The van der Waals surface area contributed by atoms with Crippen LogP contribution in [0.3, 0.4) is 0 Å². The van der Waals surface area contributed by atoms with Crippen LogP contribution in [0.2, 0.25) is 0 Å². The van der Waals surface area contributed by atoms with E-state index in [1.807, 2.05) is 20.8 Å². The molecule has 1 aromatic rings. The normalized spacial score (nSPS) is 11.6. The fourth-order valence-electron chi connectivity index (χ4n) is 1.55. The van der Waals surface area contributed by atoms with Crippen molar-refractivity contribution >= 4 is 15.8 Å². The largest absolute Gasteiger partial charge is 0.395 e. The number of sulfonamides is 1. The van der Waals surface area contributed by atoms with Crippen LogP contribution in [0.1, 0.15) is 32.8 Å². The Morgan fingerprint density at radius 1 is 1.40 bits per heavy atom. The van der Waals surface area contributed by atoms with Crippen LogP contribution < -0.4 is 4.72 Å². The minimum absolute atomic E-state index is 0.00313. The SMILES string of the molecule is CC(C)(C)CS(=O)(=O)Nc1cc(C#CCCO)ccn1. The molecule has 0 saturated heterocycles. The zero-order chi connectivity index (χ0) is 15.2. The maximum Gasteiger partial charge on any atom is 0.234 e. The molecule has 110 valence electrons. The first-order valence-electron chi connectivity index (χ1n) is 6.28. The molecule has 0 aromatic carbocycles. The Hall–Kier alpha value is -1.58. The molecule has 0 atom stereocenters. The van der Waals surface area contributed by atoms with Crippen molar-refractivity contribution < 1.29 is 13.5 Å². The number of hydrogen-bond donors (Lipinski definition) is 2. The number of nitrogens with one attached hydrogen (secondary N) is 1. The minimum Gasteiger partial charge on any atom is -0.395 e. The Labute approximate surface area is 120 Å². The molecule has 0 aliphatic heterocycles. The number of aliphatic hydroxyl groups is 1. The van der Waals surface area contributed by atoms with E-state index < -0.39 is 10.0 Å². The molecule has 0 aliphatic carbocycles. The summed E-state index contributed by atoms with van der Waals surface area (Å²) in [5.41, 5.74) is 0.326. The molecule has 2 N–H and O–H groups in total. The lowest BCUT2D eigenvalue weighted by Gasteiger charge is -2.18. The number of pyridine rings is 1. The summed E-state index contributed by atoms with van der Waals surface area (Å²) in [5, 5.41) is 8.65. The second-order valence-electron chi connectivity index (χ2n) is 5.63. The van der Waals surface area contributed by atoms with Crippen LogP contribution in [0, 0.1) is 17.3 Å². The molecule has 0 bridgehead atoms. The second-order valence-corrected chi connectivity index (χ2v) is 7.35. The van der Waals surface area contributed by atoms with E-state index >= 15 is 0 Å². The highest BCUT2D eigenvalue weighted by atomic mass is 32.2. The minimum atomic E-state index is -3.43. The summed E-state index contributed by atoms with van der Waals surface area (Å²) in [6, 6.07) is 3.26. The lowest BCUT2D eigenvalue weighted by molar-refractivity contribution is 0.305. The molecule has 5 nitrogen and oxygen atoms in total. The van der Waals surface area contributed by atoms with Gasteiger partial charge in [-0.2, -0.15) is 0 Å². The van der Waals surface area contributed by atoms with E-state index in [0.29, 0.717) is 12.0 Å². The highest BCUT2D eigenvalue weighted by molar-refractivity contribution is 7.92. The first-order chi connectivity index (χ1) is 9.22. The Morgan fingerprint density at radius 2 is 2.10 bits per heavy atom. The molecular weight excluding hydrogens is 276 g/mol. The second kappa shape index (κ2) is 6.73. The molecular formula is C14H20N2O3S. The lowest BCUT2D eigenvalue weighted by Crippen LogP contribution is -2.26. The summed E-state index contributed by atoms with van der Waals surface area (Å²) in [7, 11) is -3.43. The standard InChI is InChI=1S/C14H20N2O3S/c1-14(2,3)11-20(18,19)16-13-10-12(7-8-15-13)6-4-5-9-17/h7-8,10,17H,5,9,11H2,1-3H3,(H,15,16). The fourth-order valence-corrected chi connectivity index (χ4v) is 3.19. The van der Waals surface area contributed by atoms with Crippen LogP contribution >= 0.6 is 0 Å². The van der Waals surface area contributed by atoms with Crippen molar-refractivity contribution in [2.24, 2.45) is 5.41 Å². The van der Waals surface area contributed by atoms with Crippen molar-refractivity contribution in [2.45, 2.75) is 27.2 Å². The van der Waals surface area contributed by atoms with Crippen molar-refractivity contribution in [1.29, 1.82) is 0 Å². The van der Waals surface area contributed by atoms with Crippen LogP contribution in [-0.2, 0) is 10.0 Å². The number of aliphatic hydroxyl groups excluding tert-OH is 1. The number of rotatable bonds is 4. The van der Waals surface area contributed by atoms with Gasteiger partial charge in [0.1, 0.15) is 5.82 Å². The maximum absolute atomic E-state index is 12.0. The average molecular weight is 296 g/mol. The molecule has 6 heteroatoms. The van der Waals surface area contributed by atoms with Crippen LogP contribution in [0.5, 0.6) is 0 Å². The van der Waals surface area contributed by atoms with Gasteiger partial charge in [-0.1, -0.05) is 32.6 Å². The van der Waals surface area contributed by atoms with E-state index in [1.165, 1.54) is 6.20 Å². The molecule has 0 amide bonds. The first kappa shape index (κ1) is 16.5. The zero-order valence-electron chi connectivity index (χ0n) is 12.0. The van der Waals surface area contributed by atoms with Gasteiger partial charge in [0.15, 0.2) is 0 Å². The van der Waals surface area contributed by atoms with Gasteiger partial charge in [0.2, 0.25) is 10.0 Å². The van der Waals surface area contributed by atoms with Gasteiger partial charge in [-0.15, -0.1) is 0 Å². The van der Waals surface area contributed by atoms with Crippen LogP contribution in [0.15, 0.2) is 18.3 Å².